The van der Waals surface area contributed by atoms with Crippen molar-refractivity contribution in [3.63, 3.8) is 0 Å². The van der Waals surface area contributed by atoms with Crippen LogP contribution in [0.1, 0.15) is 44.9 Å². The lowest BCUT2D eigenvalue weighted by atomic mass is 9.96. The number of benzene rings is 1. The molecule has 0 radical (unpaired) electrons. The normalized spacial score (nSPS) is 15.6. The predicted octanol–water partition coefficient (Wildman–Crippen LogP) is 5.06. The zero-order valence-corrected chi connectivity index (χ0v) is 15.3. The van der Waals surface area contributed by atoms with E-state index >= 15 is 0 Å². The molecule has 1 aromatic carbocycles. The smallest absolute Gasteiger partial charge is 0.192 e. The summed E-state index contributed by atoms with van der Waals surface area (Å²) < 4.78 is 6.24. The molecule has 0 aliphatic heterocycles. The van der Waals surface area contributed by atoms with E-state index in [1.807, 2.05) is 25.1 Å². The summed E-state index contributed by atoms with van der Waals surface area (Å²) in [6, 6.07) is 8.04. The molecule has 1 N–H and O–H groups in total. The Kier molecular flexibility index (Phi) is 5.97. The molecule has 0 aromatic heterocycles. The first-order valence-corrected chi connectivity index (χ1v) is 10.5. The maximum atomic E-state index is 10.3. The largest absolute Gasteiger partial charge is 0.413 e. The van der Waals surface area contributed by atoms with E-state index in [1.165, 1.54) is 0 Å². The molecule has 0 unspecified atom stereocenters. The summed E-state index contributed by atoms with van der Waals surface area (Å²) in [4.78, 5) is 0. The summed E-state index contributed by atoms with van der Waals surface area (Å²) in [5.74, 6) is 0.0431. The van der Waals surface area contributed by atoms with Gasteiger partial charge in [0.2, 0.25) is 0 Å². The van der Waals surface area contributed by atoms with Crippen molar-refractivity contribution >= 4 is 8.32 Å². The second kappa shape index (κ2) is 6.90. The van der Waals surface area contributed by atoms with Crippen molar-refractivity contribution in [2.75, 3.05) is 0 Å². The first kappa shape index (κ1) is 18.1. The van der Waals surface area contributed by atoms with Gasteiger partial charge >= 0.3 is 0 Å². The highest BCUT2D eigenvalue weighted by atomic mass is 28.4. The fourth-order valence-corrected chi connectivity index (χ4v) is 2.74. The lowest BCUT2D eigenvalue weighted by Gasteiger charge is -2.36. The summed E-state index contributed by atoms with van der Waals surface area (Å²) in [7, 11) is -1.74. The van der Waals surface area contributed by atoms with E-state index in [0.29, 0.717) is 6.61 Å². The molecule has 0 amide bonds. The maximum absolute atomic E-state index is 10.3. The standard InChI is InChI=1S/C18H30O2Si/c1-8-14(2)17(19)16-11-9-10-15(12-16)13-20-21(6,7)18(3,4)5/h8-12,14,17,19H,1,13H2,2-7H3/t14-,17-/m0/s1. The van der Waals surface area contributed by atoms with Crippen LogP contribution in [-0.4, -0.2) is 13.4 Å². The molecule has 0 heterocycles. The summed E-state index contributed by atoms with van der Waals surface area (Å²) in [5, 5.41) is 10.5. The molecule has 118 valence electrons. The first-order valence-electron chi connectivity index (χ1n) is 7.62. The van der Waals surface area contributed by atoms with Gasteiger partial charge in [-0.2, -0.15) is 0 Å². The molecule has 0 saturated carbocycles. The van der Waals surface area contributed by atoms with Gasteiger partial charge in [0.1, 0.15) is 0 Å². The monoisotopic (exact) mass is 306 g/mol. The van der Waals surface area contributed by atoms with Crippen LogP contribution in [0.5, 0.6) is 0 Å². The fourth-order valence-electron chi connectivity index (χ4n) is 1.78. The van der Waals surface area contributed by atoms with Crippen molar-refractivity contribution in [1.29, 1.82) is 0 Å². The highest BCUT2D eigenvalue weighted by molar-refractivity contribution is 6.74. The van der Waals surface area contributed by atoms with E-state index in [4.69, 9.17) is 4.43 Å². The highest BCUT2D eigenvalue weighted by Gasteiger charge is 2.37. The van der Waals surface area contributed by atoms with Gasteiger partial charge in [-0.1, -0.05) is 58.0 Å². The minimum Gasteiger partial charge on any atom is -0.413 e. The summed E-state index contributed by atoms with van der Waals surface area (Å²) in [5.41, 5.74) is 2.05. The third kappa shape index (κ3) is 4.80. The van der Waals surface area contributed by atoms with Gasteiger partial charge in [-0.25, -0.2) is 0 Å². The number of rotatable bonds is 6. The molecule has 2 nitrogen and oxygen atoms in total. The first-order chi connectivity index (χ1) is 9.58. The van der Waals surface area contributed by atoms with Gasteiger partial charge in [0.25, 0.3) is 0 Å². The number of hydrogen-bond donors (Lipinski definition) is 1. The Labute approximate surface area is 131 Å². The summed E-state index contributed by atoms with van der Waals surface area (Å²) in [6.07, 6.45) is 1.28. The van der Waals surface area contributed by atoms with Crippen molar-refractivity contribution in [3.05, 3.63) is 48.0 Å². The molecule has 1 rings (SSSR count). The molecular formula is C18H30O2Si. The SMILES string of the molecule is C=C[C@H](C)[C@H](O)c1cccc(CO[Si](C)(C)C(C)(C)C)c1. The highest BCUT2D eigenvalue weighted by Crippen LogP contribution is 2.37. The van der Waals surface area contributed by atoms with E-state index in [-0.39, 0.29) is 11.0 Å². The van der Waals surface area contributed by atoms with Gasteiger partial charge < -0.3 is 9.53 Å². The van der Waals surface area contributed by atoms with Crippen molar-refractivity contribution in [3.8, 4) is 0 Å². The Balaban J connectivity index is 2.81. The van der Waals surface area contributed by atoms with Crippen molar-refractivity contribution in [1.82, 2.24) is 0 Å². The average Bonchev–Trinajstić information content (AvgIpc) is 2.42. The third-order valence-electron chi connectivity index (χ3n) is 4.57. The molecule has 0 saturated heterocycles. The molecule has 2 atom stereocenters. The van der Waals surface area contributed by atoms with E-state index in [2.05, 4.69) is 46.5 Å². The van der Waals surface area contributed by atoms with Crippen molar-refractivity contribution in [2.24, 2.45) is 5.92 Å². The second-order valence-electron chi connectivity index (χ2n) is 7.33. The molecule has 21 heavy (non-hydrogen) atoms. The molecular weight excluding hydrogens is 276 g/mol. The Morgan fingerprint density at radius 3 is 2.48 bits per heavy atom. The molecule has 3 heteroatoms. The maximum Gasteiger partial charge on any atom is 0.192 e. The molecule has 0 spiro atoms. The second-order valence-corrected chi connectivity index (χ2v) is 12.1. The van der Waals surface area contributed by atoms with Crippen LogP contribution in [0.15, 0.2) is 36.9 Å². The minimum absolute atomic E-state index is 0.0431. The molecule has 0 bridgehead atoms. The van der Waals surface area contributed by atoms with Crippen molar-refractivity contribution in [2.45, 2.75) is 58.5 Å². The molecule has 0 aliphatic carbocycles. The summed E-state index contributed by atoms with van der Waals surface area (Å²) in [6.45, 7) is 17.6. The van der Waals surface area contributed by atoms with Crippen LogP contribution in [0, 0.1) is 5.92 Å². The Hall–Kier alpha value is -0.903. The van der Waals surface area contributed by atoms with Crippen LogP contribution in [0.3, 0.4) is 0 Å². The van der Waals surface area contributed by atoms with Crippen LogP contribution in [0.25, 0.3) is 0 Å². The van der Waals surface area contributed by atoms with E-state index in [1.54, 1.807) is 6.08 Å². The molecule has 1 aromatic rings. The molecule has 0 aliphatic rings. The number of hydrogen-bond acceptors (Lipinski definition) is 2. The van der Waals surface area contributed by atoms with Crippen molar-refractivity contribution < 1.29 is 9.53 Å². The van der Waals surface area contributed by atoms with Gasteiger partial charge in [0.05, 0.1) is 12.7 Å². The minimum atomic E-state index is -1.74. The zero-order valence-electron chi connectivity index (χ0n) is 14.3. The van der Waals surface area contributed by atoms with Gasteiger partial charge in [-0.15, -0.1) is 6.58 Å². The quantitative estimate of drug-likeness (QED) is 0.587. The topological polar surface area (TPSA) is 29.5 Å². The lowest BCUT2D eigenvalue weighted by molar-refractivity contribution is 0.139. The average molecular weight is 307 g/mol. The predicted molar refractivity (Wildman–Crippen MR) is 92.7 cm³/mol. The number of aliphatic hydroxyl groups is 1. The van der Waals surface area contributed by atoms with Gasteiger partial charge in [-0.3, -0.25) is 0 Å². The fraction of sp³-hybridized carbons (Fsp3) is 0.556. The number of aliphatic hydroxyl groups excluding tert-OH is 1. The van der Waals surface area contributed by atoms with E-state index in [0.717, 1.165) is 11.1 Å². The van der Waals surface area contributed by atoms with Crippen LogP contribution in [0.4, 0.5) is 0 Å². The van der Waals surface area contributed by atoms with Gasteiger partial charge in [0, 0.05) is 5.92 Å². The lowest BCUT2D eigenvalue weighted by Crippen LogP contribution is -2.40. The van der Waals surface area contributed by atoms with Crippen LogP contribution >= 0.6 is 0 Å². The van der Waals surface area contributed by atoms with Crippen LogP contribution in [-0.2, 0) is 11.0 Å². The van der Waals surface area contributed by atoms with Gasteiger partial charge in [-0.05, 0) is 29.3 Å². The Morgan fingerprint density at radius 1 is 1.33 bits per heavy atom. The molecule has 0 fully saturated rings. The van der Waals surface area contributed by atoms with Crippen LogP contribution in [0.2, 0.25) is 18.1 Å². The van der Waals surface area contributed by atoms with E-state index in [9.17, 15) is 5.11 Å². The van der Waals surface area contributed by atoms with E-state index < -0.39 is 14.4 Å². The third-order valence-corrected chi connectivity index (χ3v) is 9.05. The Morgan fingerprint density at radius 2 is 1.95 bits per heavy atom. The Bertz CT molecular complexity index is 474. The van der Waals surface area contributed by atoms with Gasteiger partial charge in [0.15, 0.2) is 8.32 Å². The van der Waals surface area contributed by atoms with Crippen LogP contribution < -0.4 is 0 Å². The summed E-state index contributed by atoms with van der Waals surface area (Å²) >= 11 is 0. The zero-order chi connectivity index (χ0) is 16.3.